The van der Waals surface area contributed by atoms with Crippen LogP contribution in [0.2, 0.25) is 3.43 Å². The first-order valence-corrected chi connectivity index (χ1v) is 9.41. The zero-order valence-corrected chi connectivity index (χ0v) is 16.4. The Kier molecular flexibility index (Phi) is 5.29. The molecular formula is C16H15HgO2. The molecule has 0 aliphatic heterocycles. The van der Waals surface area contributed by atoms with Gasteiger partial charge in [-0.25, -0.2) is 0 Å². The monoisotopic (exact) mass is 441 g/mol. The zero-order chi connectivity index (χ0) is 13.7. The van der Waals surface area contributed by atoms with Crippen molar-refractivity contribution in [2.45, 2.75) is 9.53 Å². The quantitative estimate of drug-likeness (QED) is 0.525. The molecule has 0 radical (unpaired) electrons. The number of benzene rings is 2. The molecule has 3 heteroatoms. The summed E-state index contributed by atoms with van der Waals surface area (Å²) in [6.07, 6.45) is -0.128. The Bertz CT molecular complexity index is 525. The number of hydrogen-bond acceptors (Lipinski definition) is 2. The molecule has 2 aromatic carbocycles. The van der Waals surface area contributed by atoms with Crippen LogP contribution in [-0.2, 0) is 30.9 Å². The van der Waals surface area contributed by atoms with Crippen LogP contribution in [0.15, 0.2) is 60.7 Å². The molecule has 0 heterocycles. The summed E-state index contributed by atoms with van der Waals surface area (Å²) >= 11 is 0.300. The van der Waals surface area contributed by atoms with Gasteiger partial charge in [0.05, 0.1) is 0 Å². The van der Waals surface area contributed by atoms with Crippen molar-refractivity contribution in [1.82, 2.24) is 0 Å². The Morgan fingerprint density at radius 2 is 1.53 bits per heavy atom. The molecule has 0 saturated carbocycles. The first kappa shape index (κ1) is 14.4. The second-order valence-electron chi connectivity index (χ2n) is 4.40. The van der Waals surface area contributed by atoms with Gasteiger partial charge in [0.2, 0.25) is 0 Å². The molecule has 19 heavy (non-hydrogen) atoms. The fourth-order valence-corrected chi connectivity index (χ4v) is 4.85. The van der Waals surface area contributed by atoms with E-state index < -0.39 is 0 Å². The summed E-state index contributed by atoms with van der Waals surface area (Å²) in [4.78, 5) is 12.5. The van der Waals surface area contributed by atoms with Gasteiger partial charge in [0, 0.05) is 0 Å². The normalized spacial score (nSPS) is 13.8. The number of Topliss-reactive ketones (excluding diaryl/α,β-unsaturated/α-hetero) is 1. The van der Waals surface area contributed by atoms with Gasteiger partial charge in [-0.05, 0) is 0 Å². The Morgan fingerprint density at radius 3 is 2.05 bits per heavy atom. The summed E-state index contributed by atoms with van der Waals surface area (Å²) in [5.74, 6) is 0.194. The van der Waals surface area contributed by atoms with Crippen LogP contribution in [0.5, 0.6) is 0 Å². The van der Waals surface area contributed by atoms with Gasteiger partial charge in [0.1, 0.15) is 0 Å². The van der Waals surface area contributed by atoms with E-state index in [0.717, 1.165) is 11.1 Å². The second-order valence-corrected chi connectivity index (χ2v) is 7.82. The molecule has 0 N–H and O–H groups in total. The fourth-order valence-electron chi connectivity index (χ4n) is 2.13. The molecule has 2 aromatic rings. The maximum absolute atomic E-state index is 12.5. The minimum atomic E-state index is -0.128. The molecule has 0 aromatic heterocycles. The van der Waals surface area contributed by atoms with Gasteiger partial charge in [0.25, 0.3) is 0 Å². The molecule has 2 rings (SSSR count). The first-order valence-electron chi connectivity index (χ1n) is 6.24. The van der Waals surface area contributed by atoms with Gasteiger partial charge >= 0.3 is 130 Å². The predicted molar refractivity (Wildman–Crippen MR) is 70.7 cm³/mol. The average molecular weight is 440 g/mol. The number of ether oxygens (including phenoxy) is 1. The third-order valence-corrected chi connectivity index (χ3v) is 6.25. The van der Waals surface area contributed by atoms with Gasteiger partial charge in [-0.3, -0.25) is 0 Å². The Labute approximate surface area is 129 Å². The summed E-state index contributed by atoms with van der Waals surface area (Å²) < 4.78 is 5.55. The van der Waals surface area contributed by atoms with Crippen molar-refractivity contribution in [3.05, 3.63) is 71.8 Å². The molecule has 0 aliphatic rings. The summed E-state index contributed by atoms with van der Waals surface area (Å²) in [5, 5.41) is 0. The molecular weight excluding hydrogens is 425 g/mol. The summed E-state index contributed by atoms with van der Waals surface area (Å²) in [5.41, 5.74) is 1.86. The topological polar surface area (TPSA) is 26.3 Å². The zero-order valence-electron chi connectivity index (χ0n) is 11.0. The summed E-state index contributed by atoms with van der Waals surface area (Å²) in [6.45, 7) is 0. The van der Waals surface area contributed by atoms with Crippen LogP contribution in [0, 0.1) is 0 Å². The van der Waals surface area contributed by atoms with Crippen LogP contribution < -0.4 is 0 Å². The van der Waals surface area contributed by atoms with Crippen molar-refractivity contribution in [3.8, 4) is 0 Å². The van der Waals surface area contributed by atoms with E-state index in [2.05, 4.69) is 0 Å². The average Bonchev–Trinajstić information content (AvgIpc) is 2.49. The van der Waals surface area contributed by atoms with E-state index in [1.165, 1.54) is 0 Å². The van der Waals surface area contributed by atoms with Crippen molar-refractivity contribution in [1.29, 1.82) is 0 Å². The molecule has 2 unspecified atom stereocenters. The fraction of sp³-hybridized carbons (Fsp3) is 0.188. The van der Waals surface area contributed by atoms with Crippen LogP contribution in [-0.4, -0.2) is 12.9 Å². The van der Waals surface area contributed by atoms with Crippen LogP contribution in [0.4, 0.5) is 0 Å². The SMILES string of the molecule is COC(c1ccccc1)[CH]([Hg])C(=O)c1ccccc1. The minimum absolute atomic E-state index is 0.0187. The molecule has 0 spiro atoms. The van der Waals surface area contributed by atoms with Crippen molar-refractivity contribution in [3.63, 3.8) is 0 Å². The van der Waals surface area contributed by atoms with E-state index >= 15 is 0 Å². The van der Waals surface area contributed by atoms with E-state index in [1.807, 2.05) is 60.7 Å². The third kappa shape index (κ3) is 3.51. The van der Waals surface area contributed by atoms with Gasteiger partial charge in [0.15, 0.2) is 0 Å². The number of rotatable bonds is 5. The van der Waals surface area contributed by atoms with E-state index in [1.54, 1.807) is 7.11 Å². The number of methoxy groups -OCH3 is 1. The number of ketones is 1. The number of carbonyl (C=O) groups is 1. The number of hydrogen-bond donors (Lipinski definition) is 0. The molecule has 2 atom stereocenters. The van der Waals surface area contributed by atoms with Crippen molar-refractivity contribution < 1.29 is 35.7 Å². The summed E-state index contributed by atoms with van der Waals surface area (Å²) in [7, 11) is 1.68. The first-order chi connectivity index (χ1) is 9.24. The maximum atomic E-state index is 12.5. The third-order valence-electron chi connectivity index (χ3n) is 3.14. The molecule has 0 bridgehead atoms. The summed E-state index contributed by atoms with van der Waals surface area (Å²) in [6, 6.07) is 19.5. The molecule has 93 valence electrons. The van der Waals surface area contributed by atoms with E-state index in [-0.39, 0.29) is 15.3 Å². The van der Waals surface area contributed by atoms with Crippen LogP contribution >= 0.6 is 0 Å². The van der Waals surface area contributed by atoms with Gasteiger partial charge in [-0.2, -0.15) is 0 Å². The van der Waals surface area contributed by atoms with Crippen LogP contribution in [0.3, 0.4) is 0 Å². The molecule has 0 aliphatic carbocycles. The molecule has 0 amide bonds. The molecule has 0 saturated heterocycles. The molecule has 0 fully saturated rings. The van der Waals surface area contributed by atoms with Crippen molar-refractivity contribution in [2.24, 2.45) is 0 Å². The Balaban J connectivity index is 2.22. The van der Waals surface area contributed by atoms with Crippen LogP contribution in [0.1, 0.15) is 22.0 Å². The standard InChI is InChI=1S/C16H15O2.Hg/c1-18-16(14-10-6-3-7-11-14)12-15(17)13-8-4-2-5-9-13;/h2-12,16H,1H3;. The van der Waals surface area contributed by atoms with E-state index in [0.29, 0.717) is 26.1 Å². The van der Waals surface area contributed by atoms with Crippen LogP contribution in [0.25, 0.3) is 0 Å². The predicted octanol–water partition coefficient (Wildman–Crippen LogP) is 3.59. The second kappa shape index (κ2) is 6.97. The van der Waals surface area contributed by atoms with E-state index in [4.69, 9.17) is 4.74 Å². The van der Waals surface area contributed by atoms with Gasteiger partial charge < -0.3 is 0 Å². The Morgan fingerprint density at radius 1 is 1.00 bits per heavy atom. The van der Waals surface area contributed by atoms with Crippen molar-refractivity contribution >= 4 is 5.78 Å². The van der Waals surface area contributed by atoms with E-state index in [9.17, 15) is 4.79 Å². The van der Waals surface area contributed by atoms with Crippen molar-refractivity contribution in [2.75, 3.05) is 7.11 Å². The molecule has 2 nitrogen and oxygen atoms in total. The van der Waals surface area contributed by atoms with Gasteiger partial charge in [-0.15, -0.1) is 0 Å². The number of carbonyl (C=O) groups excluding carboxylic acids is 1. The van der Waals surface area contributed by atoms with Gasteiger partial charge in [-0.1, -0.05) is 0 Å². The Hall–Kier alpha value is -0.995.